The van der Waals surface area contributed by atoms with E-state index >= 15 is 0 Å². The zero-order valence-corrected chi connectivity index (χ0v) is 18.0. The minimum atomic E-state index is 0.0126. The van der Waals surface area contributed by atoms with Crippen LogP contribution in [0.3, 0.4) is 0 Å². The Balaban J connectivity index is 1.33. The number of nitrogens with two attached hydrogens (primary N) is 1. The number of nitriles is 1. The summed E-state index contributed by atoms with van der Waals surface area (Å²) in [4.78, 5) is 22.9. The van der Waals surface area contributed by atoms with Crippen molar-refractivity contribution in [1.82, 2.24) is 14.9 Å². The van der Waals surface area contributed by atoms with Gasteiger partial charge in [0.25, 0.3) is 5.91 Å². The highest BCUT2D eigenvalue weighted by Gasteiger charge is 2.32. The van der Waals surface area contributed by atoms with Crippen LogP contribution in [0.4, 0.5) is 5.82 Å². The molecule has 1 amide bonds. The lowest BCUT2D eigenvalue weighted by Crippen LogP contribution is -2.48. The second-order valence-electron chi connectivity index (χ2n) is 8.61. The van der Waals surface area contributed by atoms with Gasteiger partial charge in [-0.05, 0) is 48.7 Å². The maximum absolute atomic E-state index is 13.1. The normalized spacial score (nSPS) is 18.4. The van der Waals surface area contributed by atoms with Crippen LogP contribution in [0.2, 0.25) is 0 Å². The van der Waals surface area contributed by atoms with E-state index in [0.717, 1.165) is 41.2 Å². The molecule has 7 heteroatoms. The molecule has 2 saturated heterocycles. The molecule has 1 aromatic heterocycles. The van der Waals surface area contributed by atoms with Crippen LogP contribution in [0, 0.1) is 18.3 Å². The number of aromatic nitrogens is 2. The number of aryl methyl sites for hydroxylation is 1. The standard InChI is InChI=1S/C25H25N5O2/c1-15-2-5-18(10-21(15)22-23(27)29-24(28-22)19-8-9-32-14-19)25(31)30-12-20(13-30)17-6-3-16(11-26)4-7-17/h2-7,10,19-20H,8-9,12-14,27H2,1H3,(H,28,29). The molecule has 3 aromatic rings. The van der Waals surface area contributed by atoms with Gasteiger partial charge >= 0.3 is 0 Å². The first-order chi connectivity index (χ1) is 15.5. The molecule has 2 fully saturated rings. The van der Waals surface area contributed by atoms with E-state index < -0.39 is 0 Å². The van der Waals surface area contributed by atoms with Crippen molar-refractivity contribution in [2.45, 2.75) is 25.2 Å². The molecule has 3 heterocycles. The van der Waals surface area contributed by atoms with Crippen LogP contribution in [0.25, 0.3) is 11.3 Å². The molecule has 3 N–H and O–H groups in total. The average Bonchev–Trinajstić information content (AvgIpc) is 3.43. The number of nitrogen functional groups attached to an aromatic ring is 1. The molecule has 7 nitrogen and oxygen atoms in total. The molecule has 2 aliphatic heterocycles. The number of likely N-dealkylation sites (tertiary alicyclic amines) is 1. The van der Waals surface area contributed by atoms with E-state index in [1.807, 2.05) is 54.3 Å². The minimum absolute atomic E-state index is 0.0126. The average molecular weight is 428 g/mol. The number of benzene rings is 2. The summed E-state index contributed by atoms with van der Waals surface area (Å²) in [6.07, 6.45) is 0.930. The predicted molar refractivity (Wildman–Crippen MR) is 121 cm³/mol. The lowest BCUT2D eigenvalue weighted by molar-refractivity contribution is 0.0602. The Morgan fingerprint density at radius 1 is 1.22 bits per heavy atom. The molecule has 0 spiro atoms. The highest BCUT2D eigenvalue weighted by molar-refractivity contribution is 5.96. The van der Waals surface area contributed by atoms with Crippen molar-refractivity contribution in [1.29, 1.82) is 5.26 Å². The van der Waals surface area contributed by atoms with E-state index in [9.17, 15) is 4.79 Å². The summed E-state index contributed by atoms with van der Waals surface area (Å²) in [6, 6.07) is 15.5. The Bertz CT molecular complexity index is 1200. The summed E-state index contributed by atoms with van der Waals surface area (Å²) in [5.41, 5.74) is 11.4. The van der Waals surface area contributed by atoms with Gasteiger partial charge in [-0.2, -0.15) is 5.26 Å². The van der Waals surface area contributed by atoms with Gasteiger partial charge in [-0.1, -0.05) is 18.2 Å². The molecule has 0 saturated carbocycles. The molecule has 1 atom stereocenters. The van der Waals surface area contributed by atoms with E-state index in [1.54, 1.807) is 0 Å². The first-order valence-electron chi connectivity index (χ1n) is 10.9. The summed E-state index contributed by atoms with van der Waals surface area (Å²) in [6.45, 7) is 4.74. The number of amides is 1. The third-order valence-corrected chi connectivity index (χ3v) is 6.50. The second-order valence-corrected chi connectivity index (χ2v) is 8.61. The lowest BCUT2D eigenvalue weighted by Gasteiger charge is -2.39. The van der Waals surface area contributed by atoms with E-state index in [2.05, 4.69) is 16.0 Å². The molecular weight excluding hydrogens is 402 g/mol. The topological polar surface area (TPSA) is 108 Å². The molecule has 0 aliphatic carbocycles. The summed E-state index contributed by atoms with van der Waals surface area (Å²) in [5, 5.41) is 8.95. The molecule has 2 aliphatic rings. The molecule has 2 aromatic carbocycles. The Hall–Kier alpha value is -3.63. The Kier molecular flexibility index (Phi) is 5.16. The van der Waals surface area contributed by atoms with Crippen molar-refractivity contribution in [3.8, 4) is 17.3 Å². The van der Waals surface area contributed by atoms with Crippen molar-refractivity contribution < 1.29 is 9.53 Å². The number of anilines is 1. The van der Waals surface area contributed by atoms with Gasteiger partial charge in [0, 0.05) is 42.7 Å². The molecular formula is C25H25N5O2. The predicted octanol–water partition coefficient (Wildman–Crippen LogP) is 3.58. The number of H-pyrrole nitrogens is 1. The fraction of sp³-hybridized carbons (Fsp3) is 0.320. The van der Waals surface area contributed by atoms with Crippen LogP contribution in [0.5, 0.6) is 0 Å². The molecule has 162 valence electrons. The summed E-state index contributed by atoms with van der Waals surface area (Å²) in [7, 11) is 0. The SMILES string of the molecule is Cc1ccc(C(=O)N2CC(c3ccc(C#N)cc3)C2)cc1-c1[nH]c(C2CCOC2)nc1N. The van der Waals surface area contributed by atoms with E-state index in [-0.39, 0.29) is 11.8 Å². The van der Waals surface area contributed by atoms with Crippen molar-refractivity contribution in [2.75, 3.05) is 32.0 Å². The number of hydrogen-bond donors (Lipinski definition) is 2. The van der Waals surface area contributed by atoms with E-state index in [0.29, 0.717) is 42.6 Å². The van der Waals surface area contributed by atoms with Crippen LogP contribution < -0.4 is 5.73 Å². The van der Waals surface area contributed by atoms with Gasteiger partial charge in [-0.25, -0.2) is 4.98 Å². The largest absolute Gasteiger partial charge is 0.382 e. The number of ether oxygens (including phenoxy) is 1. The third kappa shape index (κ3) is 3.63. The first-order valence-corrected chi connectivity index (χ1v) is 10.9. The molecule has 0 bridgehead atoms. The maximum Gasteiger partial charge on any atom is 0.253 e. The van der Waals surface area contributed by atoms with Crippen LogP contribution >= 0.6 is 0 Å². The van der Waals surface area contributed by atoms with Crippen molar-refractivity contribution >= 4 is 11.7 Å². The Morgan fingerprint density at radius 2 is 2.00 bits per heavy atom. The number of nitrogens with one attached hydrogen (secondary N) is 1. The van der Waals surface area contributed by atoms with Gasteiger partial charge in [0.05, 0.1) is 23.9 Å². The quantitative estimate of drug-likeness (QED) is 0.662. The Labute approximate surface area is 186 Å². The second kappa shape index (κ2) is 8.13. The van der Waals surface area contributed by atoms with Crippen molar-refractivity contribution in [2.24, 2.45) is 0 Å². The number of aromatic amines is 1. The molecule has 0 radical (unpaired) electrons. The van der Waals surface area contributed by atoms with Crippen LogP contribution in [0.1, 0.15) is 51.1 Å². The minimum Gasteiger partial charge on any atom is -0.382 e. The van der Waals surface area contributed by atoms with Gasteiger partial charge < -0.3 is 20.4 Å². The number of rotatable bonds is 4. The zero-order chi connectivity index (χ0) is 22.2. The fourth-order valence-corrected chi connectivity index (χ4v) is 4.45. The van der Waals surface area contributed by atoms with Crippen LogP contribution in [-0.2, 0) is 4.74 Å². The van der Waals surface area contributed by atoms with Gasteiger partial charge in [0.15, 0.2) is 0 Å². The third-order valence-electron chi connectivity index (χ3n) is 6.50. The van der Waals surface area contributed by atoms with Crippen molar-refractivity contribution in [3.63, 3.8) is 0 Å². The van der Waals surface area contributed by atoms with E-state index in [4.69, 9.17) is 15.7 Å². The molecule has 5 rings (SSSR count). The van der Waals surface area contributed by atoms with Gasteiger partial charge in [-0.15, -0.1) is 0 Å². The number of carbonyl (C=O) groups is 1. The number of imidazole rings is 1. The van der Waals surface area contributed by atoms with E-state index in [1.165, 1.54) is 0 Å². The molecule has 32 heavy (non-hydrogen) atoms. The summed E-state index contributed by atoms with van der Waals surface area (Å²) < 4.78 is 5.47. The van der Waals surface area contributed by atoms with Crippen molar-refractivity contribution in [3.05, 3.63) is 70.5 Å². The number of hydrogen-bond acceptors (Lipinski definition) is 5. The van der Waals surface area contributed by atoms with Gasteiger partial charge in [0.1, 0.15) is 11.6 Å². The first kappa shape index (κ1) is 20.3. The smallest absolute Gasteiger partial charge is 0.253 e. The highest BCUT2D eigenvalue weighted by atomic mass is 16.5. The fourth-order valence-electron chi connectivity index (χ4n) is 4.45. The summed E-state index contributed by atoms with van der Waals surface area (Å²) >= 11 is 0. The highest BCUT2D eigenvalue weighted by Crippen LogP contribution is 2.33. The monoisotopic (exact) mass is 427 g/mol. The number of nitrogens with zero attached hydrogens (tertiary/aromatic N) is 3. The van der Waals surface area contributed by atoms with Gasteiger partial charge in [0.2, 0.25) is 0 Å². The Morgan fingerprint density at radius 3 is 2.69 bits per heavy atom. The van der Waals surface area contributed by atoms with Gasteiger partial charge in [-0.3, -0.25) is 4.79 Å². The number of carbonyl (C=O) groups excluding carboxylic acids is 1. The maximum atomic E-state index is 13.1. The zero-order valence-electron chi connectivity index (χ0n) is 18.0. The summed E-state index contributed by atoms with van der Waals surface area (Å²) in [5.74, 6) is 1.84. The van der Waals surface area contributed by atoms with Crippen LogP contribution in [0.15, 0.2) is 42.5 Å². The van der Waals surface area contributed by atoms with Crippen LogP contribution in [-0.4, -0.2) is 47.1 Å². The molecule has 1 unspecified atom stereocenters. The lowest BCUT2D eigenvalue weighted by atomic mass is 9.90.